The third kappa shape index (κ3) is 3.02. The van der Waals surface area contributed by atoms with E-state index in [1.165, 1.54) is 17.7 Å². The molecule has 0 unspecified atom stereocenters. The van der Waals surface area contributed by atoms with Crippen molar-refractivity contribution in [2.45, 2.75) is 26.7 Å². The quantitative estimate of drug-likeness (QED) is 0.928. The van der Waals surface area contributed by atoms with E-state index >= 15 is 0 Å². The van der Waals surface area contributed by atoms with E-state index < -0.39 is 0 Å². The van der Waals surface area contributed by atoms with Gasteiger partial charge in [-0.3, -0.25) is 0 Å². The molecular weight excluding hydrogens is 276 g/mol. The summed E-state index contributed by atoms with van der Waals surface area (Å²) in [6.07, 6.45) is 2.22. The average molecular weight is 297 g/mol. The smallest absolute Gasteiger partial charge is 0.0410 e. The molecule has 94 valence electrons. The number of nitrogens with zero attached hydrogens (tertiary/aromatic N) is 1. The highest BCUT2D eigenvalue weighted by atomic mass is 79.9. The number of nitrogens with two attached hydrogens (primary N) is 1. The van der Waals surface area contributed by atoms with Crippen LogP contribution in [0.2, 0.25) is 0 Å². The molecule has 0 radical (unpaired) electrons. The number of rotatable bonds is 3. The van der Waals surface area contributed by atoms with Gasteiger partial charge in [0, 0.05) is 23.2 Å². The predicted molar refractivity (Wildman–Crippen MR) is 77.5 cm³/mol. The Labute approximate surface area is 112 Å². The van der Waals surface area contributed by atoms with Gasteiger partial charge in [-0.15, -0.1) is 0 Å². The number of halogens is 1. The van der Waals surface area contributed by atoms with Crippen molar-refractivity contribution >= 4 is 21.6 Å². The molecule has 1 aliphatic rings. The fourth-order valence-electron chi connectivity index (χ4n) is 2.52. The summed E-state index contributed by atoms with van der Waals surface area (Å²) in [5.41, 5.74) is 8.85. The van der Waals surface area contributed by atoms with Crippen LogP contribution in [0.15, 0.2) is 22.7 Å². The van der Waals surface area contributed by atoms with Crippen LogP contribution in [0.3, 0.4) is 0 Å². The molecule has 0 spiro atoms. The highest BCUT2D eigenvalue weighted by Gasteiger charge is 2.30. The topological polar surface area (TPSA) is 29.3 Å². The third-order valence-corrected chi connectivity index (χ3v) is 3.97. The molecule has 2 N–H and O–H groups in total. The van der Waals surface area contributed by atoms with E-state index in [4.69, 9.17) is 5.73 Å². The van der Waals surface area contributed by atoms with E-state index in [-0.39, 0.29) is 0 Å². The van der Waals surface area contributed by atoms with Crippen molar-refractivity contribution in [1.82, 2.24) is 0 Å². The van der Waals surface area contributed by atoms with Crippen LogP contribution in [-0.4, -0.2) is 19.6 Å². The Bertz CT molecular complexity index is 401. The highest BCUT2D eigenvalue weighted by molar-refractivity contribution is 9.10. The molecule has 0 bridgehead atoms. The number of benzene rings is 1. The van der Waals surface area contributed by atoms with Gasteiger partial charge in [0.05, 0.1) is 0 Å². The normalized spacial score (nSPS) is 18.7. The van der Waals surface area contributed by atoms with E-state index in [2.05, 4.69) is 52.9 Å². The molecule has 1 aliphatic heterocycles. The standard InChI is InChI=1S/C14H21BrN2/c1-14(2)6-8-17(10-14)13-9-12(15)4-3-11(13)5-7-16/h3-4,9H,5-8,10,16H2,1-2H3. The van der Waals surface area contributed by atoms with Crippen LogP contribution in [-0.2, 0) is 6.42 Å². The molecule has 2 nitrogen and oxygen atoms in total. The molecule has 2 rings (SSSR count). The minimum absolute atomic E-state index is 0.433. The summed E-state index contributed by atoms with van der Waals surface area (Å²) in [5.74, 6) is 0. The summed E-state index contributed by atoms with van der Waals surface area (Å²) in [6, 6.07) is 6.53. The molecule has 0 amide bonds. The first-order valence-corrected chi connectivity index (χ1v) is 7.04. The molecule has 0 aliphatic carbocycles. The first kappa shape index (κ1) is 12.9. The van der Waals surface area contributed by atoms with Crippen LogP contribution in [0.25, 0.3) is 0 Å². The van der Waals surface area contributed by atoms with Gasteiger partial charge >= 0.3 is 0 Å². The van der Waals surface area contributed by atoms with E-state index in [0.717, 1.165) is 24.0 Å². The summed E-state index contributed by atoms with van der Waals surface area (Å²) in [5, 5.41) is 0. The zero-order valence-corrected chi connectivity index (χ0v) is 12.3. The van der Waals surface area contributed by atoms with Gasteiger partial charge in [0.2, 0.25) is 0 Å². The predicted octanol–water partition coefficient (Wildman–Crippen LogP) is 3.19. The lowest BCUT2D eigenvalue weighted by molar-refractivity contribution is 0.418. The first-order valence-electron chi connectivity index (χ1n) is 6.25. The van der Waals surface area contributed by atoms with Crippen LogP contribution in [0, 0.1) is 5.41 Å². The van der Waals surface area contributed by atoms with Gasteiger partial charge < -0.3 is 10.6 Å². The second-order valence-corrected chi connectivity index (χ2v) is 6.56. The minimum atomic E-state index is 0.433. The number of hydrogen-bond donors (Lipinski definition) is 1. The van der Waals surface area contributed by atoms with Gasteiger partial charge in [-0.2, -0.15) is 0 Å². The van der Waals surface area contributed by atoms with Crippen molar-refractivity contribution in [1.29, 1.82) is 0 Å². The van der Waals surface area contributed by atoms with Crippen LogP contribution < -0.4 is 10.6 Å². The molecular formula is C14H21BrN2. The fourth-order valence-corrected chi connectivity index (χ4v) is 2.87. The lowest BCUT2D eigenvalue weighted by atomic mass is 9.93. The van der Waals surface area contributed by atoms with Crippen molar-refractivity contribution in [2.24, 2.45) is 11.1 Å². The molecule has 1 fully saturated rings. The van der Waals surface area contributed by atoms with Gasteiger partial charge in [-0.05, 0) is 42.5 Å². The SMILES string of the molecule is CC1(C)CCN(c2cc(Br)ccc2CCN)C1. The Hall–Kier alpha value is -0.540. The van der Waals surface area contributed by atoms with Gasteiger partial charge in [0.1, 0.15) is 0 Å². The van der Waals surface area contributed by atoms with Crippen molar-refractivity contribution in [3.05, 3.63) is 28.2 Å². The lowest BCUT2D eigenvalue weighted by Crippen LogP contribution is -2.24. The molecule has 17 heavy (non-hydrogen) atoms. The average Bonchev–Trinajstić information content (AvgIpc) is 2.62. The van der Waals surface area contributed by atoms with Crippen molar-refractivity contribution < 1.29 is 0 Å². The summed E-state index contributed by atoms with van der Waals surface area (Å²) < 4.78 is 1.15. The summed E-state index contributed by atoms with van der Waals surface area (Å²) >= 11 is 3.57. The summed E-state index contributed by atoms with van der Waals surface area (Å²) in [4.78, 5) is 2.50. The first-order chi connectivity index (χ1) is 8.02. The number of hydrogen-bond acceptors (Lipinski definition) is 2. The molecule has 0 saturated carbocycles. The van der Waals surface area contributed by atoms with Gasteiger partial charge in [-0.25, -0.2) is 0 Å². The van der Waals surface area contributed by atoms with Crippen LogP contribution >= 0.6 is 15.9 Å². The molecule has 1 aromatic carbocycles. The summed E-state index contributed by atoms with van der Waals surface area (Å²) in [6.45, 7) is 7.69. The van der Waals surface area contributed by atoms with Gasteiger partial charge in [-0.1, -0.05) is 35.8 Å². The largest absolute Gasteiger partial charge is 0.371 e. The molecule has 1 heterocycles. The van der Waals surface area contributed by atoms with Crippen molar-refractivity contribution in [3.8, 4) is 0 Å². The maximum absolute atomic E-state index is 5.69. The van der Waals surface area contributed by atoms with E-state index in [1.54, 1.807) is 0 Å². The van der Waals surface area contributed by atoms with Gasteiger partial charge in [0.15, 0.2) is 0 Å². The Balaban J connectivity index is 2.27. The Morgan fingerprint density at radius 1 is 1.41 bits per heavy atom. The van der Waals surface area contributed by atoms with Crippen molar-refractivity contribution in [3.63, 3.8) is 0 Å². The Morgan fingerprint density at radius 3 is 2.76 bits per heavy atom. The van der Waals surface area contributed by atoms with E-state index in [0.29, 0.717) is 12.0 Å². The zero-order chi connectivity index (χ0) is 12.5. The van der Waals surface area contributed by atoms with Crippen LogP contribution in [0.5, 0.6) is 0 Å². The molecule has 0 aromatic heterocycles. The minimum Gasteiger partial charge on any atom is -0.371 e. The van der Waals surface area contributed by atoms with E-state index in [9.17, 15) is 0 Å². The lowest BCUT2D eigenvalue weighted by Gasteiger charge is -2.24. The molecule has 1 saturated heterocycles. The maximum Gasteiger partial charge on any atom is 0.0410 e. The Morgan fingerprint density at radius 2 is 2.18 bits per heavy atom. The third-order valence-electron chi connectivity index (χ3n) is 3.48. The monoisotopic (exact) mass is 296 g/mol. The maximum atomic E-state index is 5.69. The molecule has 0 atom stereocenters. The molecule has 1 aromatic rings. The molecule has 3 heteroatoms. The highest BCUT2D eigenvalue weighted by Crippen LogP contribution is 2.35. The summed E-state index contributed by atoms with van der Waals surface area (Å²) in [7, 11) is 0. The van der Waals surface area contributed by atoms with E-state index in [1.807, 2.05) is 0 Å². The van der Waals surface area contributed by atoms with Crippen LogP contribution in [0.1, 0.15) is 25.8 Å². The van der Waals surface area contributed by atoms with Crippen LogP contribution in [0.4, 0.5) is 5.69 Å². The van der Waals surface area contributed by atoms with Gasteiger partial charge in [0.25, 0.3) is 0 Å². The second-order valence-electron chi connectivity index (χ2n) is 5.65. The zero-order valence-electron chi connectivity index (χ0n) is 10.7. The van der Waals surface area contributed by atoms with Crippen molar-refractivity contribution in [2.75, 3.05) is 24.5 Å². The second kappa shape index (κ2) is 4.99. The Kier molecular flexibility index (Phi) is 3.79. The number of anilines is 1. The fraction of sp³-hybridized carbons (Fsp3) is 0.571.